The molecule has 0 spiro atoms. The second kappa shape index (κ2) is 6.54. The zero-order valence-corrected chi connectivity index (χ0v) is 10.8. The minimum Gasteiger partial charge on any atom is -0.480 e. The van der Waals surface area contributed by atoms with Gasteiger partial charge in [0.05, 0.1) is 0 Å². The largest absolute Gasteiger partial charge is 0.480 e. The maximum atomic E-state index is 12.1. The van der Waals surface area contributed by atoms with Crippen LogP contribution in [0.15, 0.2) is 12.7 Å². The Balaban J connectivity index is 2.61. The molecule has 0 aromatic rings. The molecule has 1 N–H and O–H groups in total. The van der Waals surface area contributed by atoms with Crippen molar-refractivity contribution in [3.63, 3.8) is 0 Å². The van der Waals surface area contributed by atoms with Crippen LogP contribution < -0.4 is 0 Å². The van der Waals surface area contributed by atoms with E-state index in [2.05, 4.69) is 6.58 Å². The fraction of sp³-hybridized carbons (Fsp3) is 0.636. The van der Waals surface area contributed by atoms with Gasteiger partial charge in [0, 0.05) is 25.4 Å². The number of thioether (sulfide) groups is 1. The Labute approximate surface area is 105 Å². The summed E-state index contributed by atoms with van der Waals surface area (Å²) in [6.07, 6.45) is 2.51. The fourth-order valence-electron chi connectivity index (χ4n) is 1.74. The van der Waals surface area contributed by atoms with Crippen LogP contribution in [0.1, 0.15) is 6.42 Å². The van der Waals surface area contributed by atoms with Crippen LogP contribution in [-0.2, 0) is 4.79 Å². The molecule has 5 nitrogen and oxygen atoms in total. The lowest BCUT2D eigenvalue weighted by Gasteiger charge is -2.30. The maximum absolute atomic E-state index is 12.1. The number of carbonyl (C=O) groups is 2. The van der Waals surface area contributed by atoms with Crippen molar-refractivity contribution >= 4 is 23.8 Å². The summed E-state index contributed by atoms with van der Waals surface area (Å²) in [4.78, 5) is 25.7. The Hall–Kier alpha value is -1.17. The Bertz CT molecular complexity index is 303. The molecule has 96 valence electrons. The highest BCUT2D eigenvalue weighted by Crippen LogP contribution is 2.22. The van der Waals surface area contributed by atoms with E-state index in [9.17, 15) is 9.59 Å². The molecular weight excluding hydrogens is 240 g/mol. The van der Waals surface area contributed by atoms with Crippen LogP contribution >= 0.6 is 11.8 Å². The van der Waals surface area contributed by atoms with E-state index in [0.29, 0.717) is 0 Å². The topological polar surface area (TPSA) is 60.9 Å². The van der Waals surface area contributed by atoms with Crippen molar-refractivity contribution in [2.45, 2.75) is 12.5 Å². The summed E-state index contributed by atoms with van der Waals surface area (Å²) in [6, 6.07) is -0.0200. The van der Waals surface area contributed by atoms with Crippen LogP contribution in [-0.4, -0.2) is 64.6 Å². The number of carbonyl (C=O) groups excluding carboxylic acids is 1. The summed E-state index contributed by atoms with van der Waals surface area (Å²) in [6.45, 7) is 3.51. The normalized spacial score (nSPS) is 18.8. The molecular formula is C11H18N2O3S. The predicted molar refractivity (Wildman–Crippen MR) is 68.3 cm³/mol. The lowest BCUT2D eigenvalue weighted by atomic mass is 10.2. The van der Waals surface area contributed by atoms with Gasteiger partial charge in [0.25, 0.3) is 0 Å². The minimum atomic E-state index is -1.01. The fourth-order valence-corrected chi connectivity index (χ4v) is 3.00. The lowest BCUT2D eigenvalue weighted by molar-refractivity contribution is -0.137. The lowest BCUT2D eigenvalue weighted by Crippen LogP contribution is -2.47. The van der Waals surface area contributed by atoms with Gasteiger partial charge in [-0.25, -0.2) is 4.79 Å². The molecule has 1 atom stereocenters. The summed E-state index contributed by atoms with van der Waals surface area (Å²) in [5.41, 5.74) is 0. The van der Waals surface area contributed by atoms with Gasteiger partial charge in [0.2, 0.25) is 0 Å². The van der Waals surface area contributed by atoms with Crippen LogP contribution in [0.5, 0.6) is 0 Å². The monoisotopic (exact) mass is 258 g/mol. The SMILES string of the molecule is C=CCN(CC(=O)O)C(=O)N(C)C1CCSC1. The van der Waals surface area contributed by atoms with Crippen LogP contribution in [0, 0.1) is 0 Å². The van der Waals surface area contributed by atoms with Crippen molar-refractivity contribution in [3.8, 4) is 0 Å². The molecule has 0 saturated carbocycles. The van der Waals surface area contributed by atoms with Crippen molar-refractivity contribution in [1.82, 2.24) is 9.80 Å². The summed E-state index contributed by atoms with van der Waals surface area (Å²) < 4.78 is 0. The molecule has 1 fully saturated rings. The highest BCUT2D eigenvalue weighted by atomic mass is 32.2. The average molecular weight is 258 g/mol. The summed E-state index contributed by atoms with van der Waals surface area (Å²) in [5.74, 6) is 0.981. The number of amides is 2. The molecule has 1 aliphatic heterocycles. The van der Waals surface area contributed by atoms with Crippen LogP contribution in [0.4, 0.5) is 4.79 Å². The van der Waals surface area contributed by atoms with E-state index in [1.165, 1.54) is 11.0 Å². The molecule has 1 rings (SSSR count). The molecule has 0 aromatic heterocycles. The first-order chi connectivity index (χ1) is 8.06. The third-order valence-corrected chi connectivity index (χ3v) is 3.85. The molecule has 0 radical (unpaired) electrons. The number of nitrogens with zero attached hydrogens (tertiary/aromatic N) is 2. The Kier molecular flexibility index (Phi) is 5.34. The number of hydrogen-bond donors (Lipinski definition) is 1. The van der Waals surface area contributed by atoms with Gasteiger partial charge in [0.1, 0.15) is 6.54 Å². The molecule has 6 heteroatoms. The van der Waals surface area contributed by atoms with E-state index in [1.54, 1.807) is 11.9 Å². The number of carboxylic acid groups (broad SMARTS) is 1. The Morgan fingerprint density at radius 1 is 1.59 bits per heavy atom. The van der Waals surface area contributed by atoms with E-state index in [1.807, 2.05) is 11.8 Å². The van der Waals surface area contributed by atoms with Gasteiger partial charge in [-0.15, -0.1) is 6.58 Å². The van der Waals surface area contributed by atoms with Crippen LogP contribution in [0.25, 0.3) is 0 Å². The predicted octanol–water partition coefficient (Wildman–Crippen LogP) is 1.12. The third-order valence-electron chi connectivity index (χ3n) is 2.70. The number of rotatable bonds is 5. The highest BCUT2D eigenvalue weighted by molar-refractivity contribution is 7.99. The van der Waals surface area contributed by atoms with Crippen molar-refractivity contribution in [3.05, 3.63) is 12.7 Å². The first-order valence-electron chi connectivity index (χ1n) is 5.48. The molecule has 2 amide bonds. The van der Waals surface area contributed by atoms with Crippen LogP contribution in [0.2, 0.25) is 0 Å². The quantitative estimate of drug-likeness (QED) is 0.751. The van der Waals surface area contributed by atoms with Crippen molar-refractivity contribution in [1.29, 1.82) is 0 Å². The van der Waals surface area contributed by atoms with Gasteiger partial charge >= 0.3 is 12.0 Å². The van der Waals surface area contributed by atoms with Crippen molar-refractivity contribution < 1.29 is 14.7 Å². The Morgan fingerprint density at radius 2 is 2.29 bits per heavy atom. The van der Waals surface area contributed by atoms with Crippen LogP contribution in [0.3, 0.4) is 0 Å². The average Bonchev–Trinajstić information content (AvgIpc) is 2.79. The van der Waals surface area contributed by atoms with Gasteiger partial charge in [-0.1, -0.05) is 6.08 Å². The second-order valence-corrected chi connectivity index (χ2v) is 5.12. The zero-order valence-electron chi connectivity index (χ0n) is 9.96. The highest BCUT2D eigenvalue weighted by Gasteiger charge is 2.27. The molecule has 0 aliphatic carbocycles. The number of carboxylic acids is 1. The number of hydrogen-bond acceptors (Lipinski definition) is 3. The molecule has 17 heavy (non-hydrogen) atoms. The van der Waals surface area contributed by atoms with Gasteiger partial charge in [-0.3, -0.25) is 4.79 Å². The minimum absolute atomic E-state index is 0.216. The van der Waals surface area contributed by atoms with Gasteiger partial charge in [-0.05, 0) is 12.2 Å². The van der Waals surface area contributed by atoms with E-state index in [-0.39, 0.29) is 25.2 Å². The molecule has 0 aromatic carbocycles. The summed E-state index contributed by atoms with van der Waals surface area (Å²) in [5, 5.41) is 8.76. The van der Waals surface area contributed by atoms with E-state index in [4.69, 9.17) is 5.11 Å². The molecule has 1 heterocycles. The molecule has 0 bridgehead atoms. The third kappa shape index (κ3) is 3.96. The van der Waals surface area contributed by atoms with Gasteiger partial charge < -0.3 is 14.9 Å². The molecule has 1 saturated heterocycles. The standard InChI is InChI=1S/C11H18N2O3S/c1-3-5-13(7-10(14)15)11(16)12(2)9-4-6-17-8-9/h3,9H,1,4-8H2,2H3,(H,14,15). The van der Waals surface area contributed by atoms with E-state index in [0.717, 1.165) is 17.9 Å². The number of aliphatic carboxylic acids is 1. The van der Waals surface area contributed by atoms with E-state index >= 15 is 0 Å². The second-order valence-electron chi connectivity index (χ2n) is 3.97. The summed E-state index contributed by atoms with van der Waals surface area (Å²) >= 11 is 1.82. The molecule has 1 unspecified atom stereocenters. The van der Waals surface area contributed by atoms with Crippen molar-refractivity contribution in [2.75, 3.05) is 31.6 Å². The first kappa shape index (κ1) is 13.9. The summed E-state index contributed by atoms with van der Waals surface area (Å²) in [7, 11) is 1.73. The zero-order chi connectivity index (χ0) is 12.8. The first-order valence-corrected chi connectivity index (χ1v) is 6.64. The number of urea groups is 1. The molecule has 1 aliphatic rings. The maximum Gasteiger partial charge on any atom is 0.323 e. The smallest absolute Gasteiger partial charge is 0.323 e. The van der Waals surface area contributed by atoms with Gasteiger partial charge in [-0.2, -0.15) is 11.8 Å². The van der Waals surface area contributed by atoms with Gasteiger partial charge in [0.15, 0.2) is 0 Å². The van der Waals surface area contributed by atoms with E-state index < -0.39 is 5.97 Å². The van der Waals surface area contributed by atoms with Crippen molar-refractivity contribution in [2.24, 2.45) is 0 Å². The Morgan fingerprint density at radius 3 is 2.76 bits per heavy atom.